The smallest absolute Gasteiger partial charge is 0.102 e. The summed E-state index contributed by atoms with van der Waals surface area (Å²) in [7, 11) is 0. The fraction of sp³-hybridized carbons (Fsp3) is 0.333. The highest BCUT2D eigenvalue weighted by atomic mass is 15.3. The van der Waals surface area contributed by atoms with Crippen molar-refractivity contribution in [3.8, 4) is 6.07 Å². The maximum absolute atomic E-state index is 9.16. The zero-order valence-corrected chi connectivity index (χ0v) is 11.3. The molecule has 1 aromatic heterocycles. The lowest BCUT2D eigenvalue weighted by atomic mass is 10.1. The second kappa shape index (κ2) is 6.05. The van der Waals surface area contributed by atoms with Crippen LogP contribution >= 0.6 is 0 Å². The molecule has 1 heterocycles. The molecule has 0 saturated heterocycles. The van der Waals surface area contributed by atoms with Crippen LogP contribution in [0.5, 0.6) is 0 Å². The van der Waals surface area contributed by atoms with Crippen LogP contribution in [-0.4, -0.2) is 9.78 Å². The third-order valence-electron chi connectivity index (χ3n) is 3.01. The second-order valence-electron chi connectivity index (χ2n) is 4.57. The molecule has 4 heteroatoms. The van der Waals surface area contributed by atoms with E-state index >= 15 is 0 Å². The Morgan fingerprint density at radius 3 is 3.00 bits per heavy atom. The monoisotopic (exact) mass is 254 g/mol. The zero-order valence-electron chi connectivity index (χ0n) is 11.3. The highest BCUT2D eigenvalue weighted by Gasteiger charge is 2.05. The zero-order chi connectivity index (χ0) is 13.7. The van der Waals surface area contributed by atoms with Crippen LogP contribution in [-0.2, 0) is 13.1 Å². The van der Waals surface area contributed by atoms with Gasteiger partial charge in [0.15, 0.2) is 0 Å². The van der Waals surface area contributed by atoms with E-state index in [4.69, 9.17) is 5.26 Å². The highest BCUT2D eigenvalue weighted by molar-refractivity contribution is 5.60. The molecule has 0 fully saturated rings. The molecule has 0 aliphatic heterocycles. The number of hydrogen-bond donors (Lipinski definition) is 1. The van der Waals surface area contributed by atoms with Crippen LogP contribution in [0.15, 0.2) is 30.6 Å². The van der Waals surface area contributed by atoms with Crippen molar-refractivity contribution < 1.29 is 0 Å². The highest BCUT2D eigenvalue weighted by Crippen LogP contribution is 2.19. The van der Waals surface area contributed by atoms with E-state index in [1.807, 2.05) is 42.2 Å². The van der Waals surface area contributed by atoms with Crippen molar-refractivity contribution in [3.05, 3.63) is 47.3 Å². The first kappa shape index (κ1) is 13.2. The summed E-state index contributed by atoms with van der Waals surface area (Å²) in [4.78, 5) is 0. The fourth-order valence-corrected chi connectivity index (χ4v) is 2.01. The molecule has 4 nitrogen and oxygen atoms in total. The maximum atomic E-state index is 9.16. The molecule has 1 aromatic carbocycles. The molecule has 0 bridgehead atoms. The fourth-order valence-electron chi connectivity index (χ4n) is 2.01. The maximum Gasteiger partial charge on any atom is 0.102 e. The summed E-state index contributed by atoms with van der Waals surface area (Å²) in [5, 5.41) is 16.8. The number of anilines is 1. The summed E-state index contributed by atoms with van der Waals surface area (Å²) >= 11 is 0. The summed E-state index contributed by atoms with van der Waals surface area (Å²) in [5.74, 6) is 0. The topological polar surface area (TPSA) is 53.6 Å². The lowest BCUT2D eigenvalue weighted by Gasteiger charge is -2.08. The van der Waals surface area contributed by atoms with E-state index in [-0.39, 0.29) is 0 Å². The molecule has 98 valence electrons. The van der Waals surface area contributed by atoms with Crippen LogP contribution in [0.2, 0.25) is 0 Å². The summed E-state index contributed by atoms with van der Waals surface area (Å²) in [6, 6.07) is 8.08. The summed E-state index contributed by atoms with van der Waals surface area (Å²) in [6.45, 7) is 5.70. The largest absolute Gasteiger partial charge is 0.380 e. The lowest BCUT2D eigenvalue weighted by molar-refractivity contribution is 0.602. The average molecular weight is 254 g/mol. The lowest BCUT2D eigenvalue weighted by Crippen LogP contribution is -2.01. The van der Waals surface area contributed by atoms with Crippen LogP contribution in [0, 0.1) is 18.3 Å². The Balaban J connectivity index is 2.06. The quantitative estimate of drug-likeness (QED) is 0.892. The van der Waals surface area contributed by atoms with Gasteiger partial charge in [-0.2, -0.15) is 10.4 Å². The van der Waals surface area contributed by atoms with E-state index < -0.39 is 0 Å². The molecule has 0 spiro atoms. The number of hydrogen-bond acceptors (Lipinski definition) is 3. The molecule has 0 aliphatic rings. The Kier molecular flexibility index (Phi) is 4.19. The number of nitrogens with one attached hydrogen (secondary N) is 1. The Labute approximate surface area is 113 Å². The Morgan fingerprint density at radius 2 is 2.26 bits per heavy atom. The number of benzene rings is 1. The van der Waals surface area contributed by atoms with Gasteiger partial charge in [0.1, 0.15) is 6.07 Å². The van der Waals surface area contributed by atoms with E-state index in [0.29, 0.717) is 12.1 Å². The molecule has 2 aromatic rings. The van der Waals surface area contributed by atoms with Gasteiger partial charge in [-0.25, -0.2) is 0 Å². The number of aryl methyl sites for hydroxylation is 2. The number of aromatic nitrogens is 2. The van der Waals surface area contributed by atoms with Crippen LogP contribution in [0.1, 0.15) is 30.0 Å². The van der Waals surface area contributed by atoms with Crippen molar-refractivity contribution in [1.29, 1.82) is 5.26 Å². The van der Waals surface area contributed by atoms with Gasteiger partial charge in [-0.1, -0.05) is 19.1 Å². The molecule has 0 atom stereocenters. The molecule has 0 saturated carbocycles. The predicted octanol–water partition coefficient (Wildman–Crippen LogP) is 3.09. The third kappa shape index (κ3) is 3.14. The average Bonchev–Trinajstić information content (AvgIpc) is 2.84. The minimum absolute atomic E-state index is 0.682. The van der Waals surface area contributed by atoms with E-state index in [0.717, 1.165) is 29.8 Å². The molecule has 19 heavy (non-hydrogen) atoms. The van der Waals surface area contributed by atoms with Crippen LogP contribution in [0.25, 0.3) is 0 Å². The normalized spacial score (nSPS) is 10.2. The van der Waals surface area contributed by atoms with Gasteiger partial charge in [-0.3, -0.25) is 4.68 Å². The molecule has 0 amide bonds. The van der Waals surface area contributed by atoms with Crippen molar-refractivity contribution in [2.45, 2.75) is 33.4 Å². The minimum atomic E-state index is 0.682. The van der Waals surface area contributed by atoms with Crippen molar-refractivity contribution in [2.24, 2.45) is 0 Å². The number of rotatable bonds is 5. The van der Waals surface area contributed by atoms with E-state index in [1.165, 1.54) is 0 Å². The predicted molar refractivity (Wildman–Crippen MR) is 75.7 cm³/mol. The van der Waals surface area contributed by atoms with Gasteiger partial charge in [0.05, 0.1) is 17.4 Å². The summed E-state index contributed by atoms with van der Waals surface area (Å²) in [6.07, 6.45) is 4.98. The van der Waals surface area contributed by atoms with E-state index in [9.17, 15) is 0 Å². The van der Waals surface area contributed by atoms with E-state index in [1.54, 1.807) is 0 Å². The van der Waals surface area contributed by atoms with Crippen LogP contribution in [0.4, 0.5) is 5.69 Å². The first-order valence-corrected chi connectivity index (χ1v) is 6.49. The first-order chi connectivity index (χ1) is 9.24. The molecular formula is C15H18N4. The second-order valence-corrected chi connectivity index (χ2v) is 4.57. The molecule has 0 radical (unpaired) electrons. The first-order valence-electron chi connectivity index (χ1n) is 6.49. The third-order valence-corrected chi connectivity index (χ3v) is 3.01. The van der Waals surface area contributed by atoms with Gasteiger partial charge < -0.3 is 5.32 Å². The number of nitriles is 1. The van der Waals surface area contributed by atoms with Gasteiger partial charge in [-0.15, -0.1) is 0 Å². The van der Waals surface area contributed by atoms with Gasteiger partial charge in [0.25, 0.3) is 0 Å². The van der Waals surface area contributed by atoms with Gasteiger partial charge in [0.2, 0.25) is 0 Å². The van der Waals surface area contributed by atoms with Crippen molar-refractivity contribution in [3.63, 3.8) is 0 Å². The van der Waals surface area contributed by atoms with E-state index in [2.05, 4.69) is 23.4 Å². The van der Waals surface area contributed by atoms with Crippen molar-refractivity contribution >= 4 is 5.69 Å². The number of nitrogens with zero attached hydrogens (tertiary/aromatic N) is 3. The van der Waals surface area contributed by atoms with Crippen LogP contribution in [0.3, 0.4) is 0 Å². The Morgan fingerprint density at radius 1 is 1.42 bits per heavy atom. The van der Waals surface area contributed by atoms with Crippen LogP contribution < -0.4 is 5.32 Å². The van der Waals surface area contributed by atoms with Gasteiger partial charge >= 0.3 is 0 Å². The SMILES string of the molecule is CCCn1cc(CNc2cccc(C)c2C#N)cn1. The standard InChI is InChI=1S/C15H18N4/c1-3-7-19-11-13(10-18-19)9-17-15-6-4-5-12(2)14(15)8-16/h4-6,10-11,17H,3,7,9H2,1-2H3. The summed E-state index contributed by atoms with van der Waals surface area (Å²) in [5.41, 5.74) is 3.71. The van der Waals surface area contributed by atoms with Crippen molar-refractivity contribution in [1.82, 2.24) is 9.78 Å². The van der Waals surface area contributed by atoms with Gasteiger partial charge in [-0.05, 0) is 25.0 Å². The summed E-state index contributed by atoms with van der Waals surface area (Å²) < 4.78 is 1.94. The van der Waals surface area contributed by atoms with Crippen molar-refractivity contribution in [2.75, 3.05) is 5.32 Å². The Hall–Kier alpha value is -2.28. The Bertz CT molecular complexity index is 592. The molecule has 0 aliphatic carbocycles. The van der Waals surface area contributed by atoms with Gasteiger partial charge in [0, 0.05) is 24.8 Å². The molecule has 1 N–H and O–H groups in total. The minimum Gasteiger partial charge on any atom is -0.380 e. The molecular weight excluding hydrogens is 236 g/mol. The molecule has 2 rings (SSSR count). The molecule has 0 unspecified atom stereocenters.